The number of amides is 4. The lowest BCUT2D eigenvalue weighted by atomic mass is 10.1. The van der Waals surface area contributed by atoms with E-state index in [1.165, 1.54) is 12.5 Å². The summed E-state index contributed by atoms with van der Waals surface area (Å²) in [6.45, 7) is 1.10. The first-order chi connectivity index (χ1) is 11.1. The molecule has 122 valence electrons. The molecule has 0 aromatic carbocycles. The van der Waals surface area contributed by atoms with Crippen molar-refractivity contribution in [2.45, 2.75) is 25.5 Å². The van der Waals surface area contributed by atoms with E-state index in [0.717, 1.165) is 17.7 Å². The summed E-state index contributed by atoms with van der Waals surface area (Å²) in [5.74, 6) is -1.92. The molecule has 4 amide bonds. The number of rotatable bonds is 5. The average Bonchev–Trinajstić information content (AvgIpc) is 3.20. The Hall–Kier alpha value is -2.48. The minimum atomic E-state index is -1.11. The fraction of sp³-hybridized carbons (Fsp3) is 0.467. The smallest absolute Gasteiger partial charge is 0.331 e. The molecule has 0 unspecified atom stereocenters. The number of carbonyl (C=O) groups is 3. The van der Waals surface area contributed by atoms with Crippen molar-refractivity contribution in [1.82, 2.24) is 10.2 Å². The van der Waals surface area contributed by atoms with Gasteiger partial charge < -0.3 is 9.15 Å². The van der Waals surface area contributed by atoms with E-state index >= 15 is 0 Å². The van der Waals surface area contributed by atoms with Gasteiger partial charge in [0.2, 0.25) is 11.8 Å². The van der Waals surface area contributed by atoms with Crippen LogP contribution in [0.1, 0.15) is 18.6 Å². The molecule has 1 aromatic rings. The Balaban J connectivity index is 1.66. The molecule has 8 nitrogen and oxygen atoms in total. The van der Waals surface area contributed by atoms with Crippen LogP contribution >= 0.6 is 0 Å². The molecule has 23 heavy (non-hydrogen) atoms. The first-order valence-electron chi connectivity index (χ1n) is 7.45. The van der Waals surface area contributed by atoms with E-state index in [1.54, 1.807) is 12.1 Å². The van der Waals surface area contributed by atoms with Crippen LogP contribution in [0.4, 0.5) is 4.79 Å². The second-order valence-corrected chi connectivity index (χ2v) is 5.43. The molecule has 2 fully saturated rings. The van der Waals surface area contributed by atoms with Gasteiger partial charge in [-0.1, -0.05) is 0 Å². The Morgan fingerprint density at radius 1 is 1.39 bits per heavy atom. The summed E-state index contributed by atoms with van der Waals surface area (Å²) in [6, 6.07) is 2.56. The summed E-state index contributed by atoms with van der Waals surface area (Å²) in [5.41, 5.74) is 0. The molecule has 0 bridgehead atoms. The predicted octanol–water partition coefficient (Wildman–Crippen LogP) is 0.724. The van der Waals surface area contributed by atoms with Crippen LogP contribution in [0.2, 0.25) is 0 Å². The molecule has 0 aliphatic carbocycles. The van der Waals surface area contributed by atoms with E-state index < -0.39 is 23.8 Å². The van der Waals surface area contributed by atoms with Gasteiger partial charge in [-0.15, -0.1) is 0 Å². The minimum absolute atomic E-state index is 0.0268. The van der Waals surface area contributed by atoms with Crippen molar-refractivity contribution in [1.29, 1.82) is 0 Å². The third-order valence-corrected chi connectivity index (χ3v) is 3.77. The van der Waals surface area contributed by atoms with Crippen molar-refractivity contribution >= 4 is 24.1 Å². The molecule has 2 atom stereocenters. The SMILES string of the molecule is O=C1NC(=O)N(Cc2ccco2)C(=O)[C@H]1C=NC[C@@H]1CCCO1. The molecule has 0 radical (unpaired) electrons. The van der Waals surface area contributed by atoms with Gasteiger partial charge in [0.15, 0.2) is 5.92 Å². The molecule has 0 spiro atoms. The molecule has 2 aliphatic heterocycles. The molecule has 1 N–H and O–H groups in total. The fourth-order valence-corrected chi connectivity index (χ4v) is 2.54. The number of furan rings is 1. The van der Waals surface area contributed by atoms with Gasteiger partial charge in [-0.2, -0.15) is 0 Å². The quantitative estimate of drug-likeness (QED) is 0.636. The average molecular weight is 319 g/mol. The number of aliphatic imine (C=N–C) groups is 1. The van der Waals surface area contributed by atoms with Gasteiger partial charge in [0.25, 0.3) is 0 Å². The van der Waals surface area contributed by atoms with Crippen molar-refractivity contribution in [3.05, 3.63) is 24.2 Å². The second kappa shape index (κ2) is 6.74. The number of hydrogen-bond acceptors (Lipinski definition) is 6. The molecule has 2 saturated heterocycles. The number of carbonyl (C=O) groups excluding carboxylic acids is 3. The highest BCUT2D eigenvalue weighted by molar-refractivity contribution is 6.23. The molecule has 8 heteroatoms. The first kappa shape index (κ1) is 15.4. The van der Waals surface area contributed by atoms with Crippen LogP contribution < -0.4 is 5.32 Å². The highest BCUT2D eigenvalue weighted by Gasteiger charge is 2.39. The lowest BCUT2D eigenvalue weighted by molar-refractivity contribution is -0.139. The summed E-state index contributed by atoms with van der Waals surface area (Å²) in [5, 5.41) is 2.16. The van der Waals surface area contributed by atoms with Crippen molar-refractivity contribution in [2.24, 2.45) is 10.9 Å². The largest absolute Gasteiger partial charge is 0.467 e. The van der Waals surface area contributed by atoms with Crippen molar-refractivity contribution in [2.75, 3.05) is 13.2 Å². The zero-order valence-corrected chi connectivity index (χ0v) is 12.4. The van der Waals surface area contributed by atoms with Crippen LogP contribution in [0.5, 0.6) is 0 Å². The number of ether oxygens (including phenoxy) is 1. The Bertz CT molecular complexity index is 619. The Morgan fingerprint density at radius 3 is 2.96 bits per heavy atom. The number of hydrogen-bond donors (Lipinski definition) is 1. The van der Waals surface area contributed by atoms with Gasteiger partial charge in [-0.05, 0) is 25.0 Å². The van der Waals surface area contributed by atoms with Gasteiger partial charge in [-0.3, -0.25) is 24.8 Å². The summed E-state index contributed by atoms with van der Waals surface area (Å²) in [7, 11) is 0. The van der Waals surface area contributed by atoms with Crippen LogP contribution in [-0.4, -0.2) is 48.2 Å². The van der Waals surface area contributed by atoms with Crippen LogP contribution in [0, 0.1) is 5.92 Å². The third kappa shape index (κ3) is 3.48. The summed E-state index contributed by atoms with van der Waals surface area (Å²) in [4.78, 5) is 41.2. The van der Waals surface area contributed by atoms with Crippen LogP contribution in [-0.2, 0) is 20.9 Å². The number of nitrogens with zero attached hydrogens (tertiary/aromatic N) is 2. The fourth-order valence-electron chi connectivity index (χ4n) is 2.54. The summed E-state index contributed by atoms with van der Waals surface area (Å²) < 4.78 is 10.6. The van der Waals surface area contributed by atoms with Gasteiger partial charge in [0, 0.05) is 12.8 Å². The monoisotopic (exact) mass is 319 g/mol. The number of urea groups is 1. The second-order valence-electron chi connectivity index (χ2n) is 5.43. The maximum atomic E-state index is 12.4. The highest BCUT2D eigenvalue weighted by Crippen LogP contribution is 2.15. The predicted molar refractivity (Wildman–Crippen MR) is 78.6 cm³/mol. The van der Waals surface area contributed by atoms with Gasteiger partial charge in [0.05, 0.1) is 25.5 Å². The normalized spacial score (nSPS) is 25.4. The zero-order valence-electron chi connectivity index (χ0n) is 12.4. The van der Waals surface area contributed by atoms with E-state index in [-0.39, 0.29) is 12.6 Å². The number of imide groups is 2. The van der Waals surface area contributed by atoms with E-state index in [1.807, 2.05) is 0 Å². The lowest BCUT2D eigenvalue weighted by Crippen LogP contribution is -2.57. The van der Waals surface area contributed by atoms with E-state index in [4.69, 9.17) is 9.15 Å². The third-order valence-electron chi connectivity index (χ3n) is 3.77. The van der Waals surface area contributed by atoms with Gasteiger partial charge >= 0.3 is 6.03 Å². The summed E-state index contributed by atoms with van der Waals surface area (Å²) >= 11 is 0. The Labute approximate surface area is 132 Å². The molecule has 0 saturated carbocycles. The molecular formula is C15H17N3O5. The van der Waals surface area contributed by atoms with Crippen molar-refractivity contribution < 1.29 is 23.5 Å². The first-order valence-corrected chi connectivity index (χ1v) is 7.45. The Morgan fingerprint density at radius 2 is 2.26 bits per heavy atom. The highest BCUT2D eigenvalue weighted by atomic mass is 16.5. The molecule has 3 heterocycles. The number of barbiturate groups is 1. The lowest BCUT2D eigenvalue weighted by Gasteiger charge is -2.27. The van der Waals surface area contributed by atoms with E-state index in [9.17, 15) is 14.4 Å². The maximum absolute atomic E-state index is 12.4. The Kier molecular flexibility index (Phi) is 4.52. The van der Waals surface area contributed by atoms with Gasteiger partial charge in [-0.25, -0.2) is 4.79 Å². The standard InChI is InChI=1S/C15H17N3O5/c19-13-12(8-16-7-10-3-1-5-22-10)14(20)18(15(21)17-13)9-11-4-2-6-23-11/h2,4,6,8,10,12H,1,3,5,7,9H2,(H,17,19,21)/t10-,12-/m0/s1. The van der Waals surface area contributed by atoms with Crippen molar-refractivity contribution in [3.8, 4) is 0 Å². The summed E-state index contributed by atoms with van der Waals surface area (Å²) in [6.07, 6.45) is 4.70. The zero-order chi connectivity index (χ0) is 16.2. The molecule has 1 aromatic heterocycles. The van der Waals surface area contributed by atoms with Crippen LogP contribution in [0.3, 0.4) is 0 Å². The minimum Gasteiger partial charge on any atom is -0.467 e. The van der Waals surface area contributed by atoms with Crippen LogP contribution in [0.25, 0.3) is 0 Å². The maximum Gasteiger partial charge on any atom is 0.331 e. The number of nitrogens with one attached hydrogen (secondary N) is 1. The van der Waals surface area contributed by atoms with E-state index in [2.05, 4.69) is 10.3 Å². The molecule has 2 aliphatic rings. The topological polar surface area (TPSA) is 101 Å². The van der Waals surface area contributed by atoms with E-state index in [0.29, 0.717) is 18.9 Å². The van der Waals surface area contributed by atoms with Gasteiger partial charge in [0.1, 0.15) is 5.76 Å². The van der Waals surface area contributed by atoms with Crippen molar-refractivity contribution in [3.63, 3.8) is 0 Å². The van der Waals surface area contributed by atoms with Crippen LogP contribution in [0.15, 0.2) is 27.8 Å². The molecule has 3 rings (SSSR count). The molecular weight excluding hydrogens is 302 g/mol.